The van der Waals surface area contributed by atoms with Crippen molar-refractivity contribution < 1.29 is 4.79 Å². The van der Waals surface area contributed by atoms with E-state index in [1.165, 1.54) is 0 Å². The molecule has 4 heteroatoms. The molecular weight excluding hydrogens is 250 g/mol. The molecule has 112 valence electrons. The van der Waals surface area contributed by atoms with E-state index in [0.29, 0.717) is 23.2 Å². The Bertz CT molecular complexity index is 419. The first kappa shape index (κ1) is 16.5. The molecule has 1 N–H and O–H groups in total. The Morgan fingerprint density at radius 3 is 2.35 bits per heavy atom. The van der Waals surface area contributed by atoms with Crippen molar-refractivity contribution in [2.45, 2.75) is 34.6 Å². The number of carbonyl (C=O) groups is 1. The zero-order chi connectivity index (χ0) is 15.1. The summed E-state index contributed by atoms with van der Waals surface area (Å²) in [6.45, 7) is 12.8. The van der Waals surface area contributed by atoms with Gasteiger partial charge in [0.2, 0.25) is 0 Å². The van der Waals surface area contributed by atoms with Crippen molar-refractivity contribution in [3.8, 4) is 0 Å². The molecule has 0 bridgehead atoms. The van der Waals surface area contributed by atoms with Crippen molar-refractivity contribution >= 4 is 11.7 Å². The highest BCUT2D eigenvalue weighted by Crippen LogP contribution is 2.16. The summed E-state index contributed by atoms with van der Waals surface area (Å²) < 4.78 is 0. The third-order valence-corrected chi connectivity index (χ3v) is 2.84. The molecule has 0 saturated carbocycles. The normalized spacial score (nSPS) is 10.9. The maximum Gasteiger partial charge on any atom is 0.257 e. The average Bonchev–Trinajstić information content (AvgIpc) is 2.37. The van der Waals surface area contributed by atoms with Crippen molar-refractivity contribution in [3.05, 3.63) is 23.9 Å². The molecule has 1 aromatic rings. The molecule has 1 rings (SSSR count). The summed E-state index contributed by atoms with van der Waals surface area (Å²) in [5, 5.41) is 3.16. The Labute approximate surface area is 122 Å². The predicted molar refractivity (Wildman–Crippen MR) is 84.0 cm³/mol. The summed E-state index contributed by atoms with van der Waals surface area (Å²) in [5.74, 6) is 1.66. The number of carbonyl (C=O) groups excluding carboxylic acids is 1. The Balaban J connectivity index is 2.98. The predicted octanol–water partition coefficient (Wildman–Crippen LogP) is 3.27. The first-order valence-electron chi connectivity index (χ1n) is 7.43. The largest absolute Gasteiger partial charge is 0.370 e. The van der Waals surface area contributed by atoms with Gasteiger partial charge in [0.1, 0.15) is 5.82 Å². The summed E-state index contributed by atoms with van der Waals surface area (Å²) in [6.07, 6.45) is 1.71. The fourth-order valence-electron chi connectivity index (χ4n) is 2.18. The van der Waals surface area contributed by atoms with Crippen molar-refractivity contribution in [2.24, 2.45) is 11.8 Å². The molecule has 1 aromatic heterocycles. The van der Waals surface area contributed by atoms with Gasteiger partial charge in [0, 0.05) is 25.8 Å². The second-order valence-corrected chi connectivity index (χ2v) is 5.93. The highest BCUT2D eigenvalue weighted by atomic mass is 16.2. The fraction of sp³-hybridized carbons (Fsp3) is 0.625. The van der Waals surface area contributed by atoms with Crippen LogP contribution in [0.1, 0.15) is 45.0 Å². The number of nitrogens with zero attached hydrogens (tertiary/aromatic N) is 2. The molecule has 1 heterocycles. The number of hydrogen-bond donors (Lipinski definition) is 1. The van der Waals surface area contributed by atoms with E-state index in [1.54, 1.807) is 6.20 Å². The van der Waals surface area contributed by atoms with E-state index in [2.05, 4.69) is 38.0 Å². The molecule has 20 heavy (non-hydrogen) atoms. The molecule has 0 radical (unpaired) electrons. The lowest BCUT2D eigenvalue weighted by molar-refractivity contribution is 0.0715. The summed E-state index contributed by atoms with van der Waals surface area (Å²) in [5.41, 5.74) is 0.663. The van der Waals surface area contributed by atoms with Crippen molar-refractivity contribution in [2.75, 3.05) is 25.0 Å². The smallest absolute Gasteiger partial charge is 0.257 e. The Morgan fingerprint density at radius 2 is 1.85 bits per heavy atom. The van der Waals surface area contributed by atoms with Crippen LogP contribution in [0, 0.1) is 11.8 Å². The first-order chi connectivity index (χ1) is 9.45. The van der Waals surface area contributed by atoms with E-state index in [4.69, 9.17) is 0 Å². The monoisotopic (exact) mass is 277 g/mol. The van der Waals surface area contributed by atoms with Gasteiger partial charge < -0.3 is 10.2 Å². The average molecular weight is 277 g/mol. The number of nitrogens with one attached hydrogen (secondary N) is 1. The van der Waals surface area contributed by atoms with Gasteiger partial charge in [0.25, 0.3) is 5.91 Å². The van der Waals surface area contributed by atoms with E-state index in [-0.39, 0.29) is 5.91 Å². The molecule has 0 unspecified atom stereocenters. The van der Waals surface area contributed by atoms with Crippen LogP contribution >= 0.6 is 0 Å². The SMILES string of the molecule is CCNc1ncccc1C(=O)N(CC(C)C)CC(C)C. The van der Waals surface area contributed by atoms with Gasteiger partial charge in [0.05, 0.1) is 5.56 Å². The van der Waals surface area contributed by atoms with Gasteiger partial charge in [0.15, 0.2) is 0 Å². The number of amides is 1. The Hall–Kier alpha value is -1.58. The zero-order valence-electron chi connectivity index (χ0n) is 13.3. The second kappa shape index (κ2) is 7.88. The lowest BCUT2D eigenvalue weighted by atomic mass is 10.1. The number of pyridine rings is 1. The number of anilines is 1. The molecule has 0 atom stereocenters. The molecule has 0 aliphatic rings. The van der Waals surface area contributed by atoms with Gasteiger partial charge in [-0.05, 0) is 30.9 Å². The Kier molecular flexibility index (Phi) is 6.49. The Morgan fingerprint density at radius 1 is 1.25 bits per heavy atom. The molecular formula is C16H27N3O. The minimum Gasteiger partial charge on any atom is -0.370 e. The molecule has 1 amide bonds. The van der Waals surface area contributed by atoms with Gasteiger partial charge in [-0.3, -0.25) is 4.79 Å². The minimum absolute atomic E-state index is 0.0662. The van der Waals surface area contributed by atoms with Crippen LogP contribution < -0.4 is 5.32 Å². The molecule has 0 aliphatic carbocycles. The van der Waals surface area contributed by atoms with Crippen LogP contribution in [0.2, 0.25) is 0 Å². The van der Waals surface area contributed by atoms with Crippen molar-refractivity contribution in [3.63, 3.8) is 0 Å². The van der Waals surface area contributed by atoms with E-state index < -0.39 is 0 Å². The summed E-state index contributed by atoms with van der Waals surface area (Å²) in [7, 11) is 0. The maximum atomic E-state index is 12.8. The van der Waals surface area contributed by atoms with Gasteiger partial charge in [-0.2, -0.15) is 0 Å². The standard InChI is InChI=1S/C16H27N3O/c1-6-17-15-14(8-7-9-18-15)16(20)19(10-12(2)3)11-13(4)5/h7-9,12-13H,6,10-11H2,1-5H3,(H,17,18). The molecule has 0 aromatic carbocycles. The molecule has 0 aliphatic heterocycles. The van der Waals surface area contributed by atoms with Crippen LogP contribution in [-0.2, 0) is 0 Å². The van der Waals surface area contributed by atoms with Crippen LogP contribution in [0.4, 0.5) is 5.82 Å². The summed E-state index contributed by atoms with van der Waals surface area (Å²) in [4.78, 5) is 19.0. The van der Waals surface area contributed by atoms with E-state index in [1.807, 2.05) is 24.0 Å². The first-order valence-corrected chi connectivity index (χ1v) is 7.43. The van der Waals surface area contributed by atoms with Gasteiger partial charge >= 0.3 is 0 Å². The van der Waals surface area contributed by atoms with Crippen LogP contribution in [0.15, 0.2) is 18.3 Å². The highest BCUT2D eigenvalue weighted by molar-refractivity contribution is 5.98. The van der Waals surface area contributed by atoms with E-state index in [9.17, 15) is 4.79 Å². The van der Waals surface area contributed by atoms with Crippen LogP contribution in [0.5, 0.6) is 0 Å². The number of aromatic nitrogens is 1. The zero-order valence-corrected chi connectivity index (χ0v) is 13.3. The van der Waals surface area contributed by atoms with Crippen LogP contribution in [-0.4, -0.2) is 35.4 Å². The number of hydrogen-bond acceptors (Lipinski definition) is 3. The highest BCUT2D eigenvalue weighted by Gasteiger charge is 2.20. The molecule has 0 fully saturated rings. The minimum atomic E-state index is 0.0662. The van der Waals surface area contributed by atoms with Crippen LogP contribution in [0.3, 0.4) is 0 Å². The fourth-order valence-corrected chi connectivity index (χ4v) is 2.18. The van der Waals surface area contributed by atoms with Crippen molar-refractivity contribution in [1.29, 1.82) is 0 Å². The summed E-state index contributed by atoms with van der Waals surface area (Å²) >= 11 is 0. The van der Waals surface area contributed by atoms with Gasteiger partial charge in [-0.15, -0.1) is 0 Å². The topological polar surface area (TPSA) is 45.2 Å². The van der Waals surface area contributed by atoms with E-state index >= 15 is 0 Å². The van der Waals surface area contributed by atoms with Gasteiger partial charge in [-0.25, -0.2) is 4.98 Å². The summed E-state index contributed by atoms with van der Waals surface area (Å²) in [6, 6.07) is 3.66. The number of rotatable bonds is 7. The van der Waals surface area contributed by atoms with E-state index in [0.717, 1.165) is 19.6 Å². The van der Waals surface area contributed by atoms with Crippen molar-refractivity contribution in [1.82, 2.24) is 9.88 Å². The molecule has 4 nitrogen and oxygen atoms in total. The molecule has 0 saturated heterocycles. The van der Waals surface area contributed by atoms with Crippen LogP contribution in [0.25, 0.3) is 0 Å². The second-order valence-electron chi connectivity index (χ2n) is 5.93. The quantitative estimate of drug-likeness (QED) is 0.832. The third-order valence-electron chi connectivity index (χ3n) is 2.84. The van der Waals surface area contributed by atoms with Gasteiger partial charge in [-0.1, -0.05) is 27.7 Å². The lowest BCUT2D eigenvalue weighted by Crippen LogP contribution is -2.37. The molecule has 0 spiro atoms. The third kappa shape index (κ3) is 4.83. The lowest BCUT2D eigenvalue weighted by Gasteiger charge is -2.27. The maximum absolute atomic E-state index is 12.8.